The first-order valence-corrected chi connectivity index (χ1v) is 21.6. The highest BCUT2D eigenvalue weighted by Crippen LogP contribution is 2.33. The molecule has 6 N–H and O–H groups in total. The first kappa shape index (κ1) is 52.7. The van der Waals surface area contributed by atoms with Crippen molar-refractivity contribution in [3.63, 3.8) is 0 Å². The number of hydrogen-bond acceptors (Lipinski definition) is 12. The Morgan fingerprint density at radius 1 is 1.10 bits per heavy atom. The molecule has 2 aromatic carbocycles. The Labute approximate surface area is 355 Å². The van der Waals surface area contributed by atoms with Gasteiger partial charge in [0.1, 0.15) is 37.3 Å². The summed E-state index contributed by atoms with van der Waals surface area (Å²) in [4.78, 5) is 66.5. The Hall–Kier alpha value is -5.33. The van der Waals surface area contributed by atoms with Crippen LogP contribution in [-0.4, -0.2) is 91.8 Å². The molecule has 1 unspecified atom stereocenters. The van der Waals surface area contributed by atoms with Gasteiger partial charge in [0.05, 0.1) is 58.6 Å². The number of carbonyl (C=O) groups excluding carboxylic acids is 1. The zero-order valence-corrected chi connectivity index (χ0v) is 36.3. The van der Waals surface area contributed by atoms with E-state index >= 15 is 0 Å². The first-order valence-electron chi connectivity index (χ1n) is 16.6. The van der Waals surface area contributed by atoms with Gasteiger partial charge in [-0.3, -0.25) is 15.1 Å². The van der Waals surface area contributed by atoms with Crippen molar-refractivity contribution in [1.29, 1.82) is 0 Å². The summed E-state index contributed by atoms with van der Waals surface area (Å²) in [5.41, 5.74) is 2.05. The van der Waals surface area contributed by atoms with Crippen molar-refractivity contribution >= 4 is 71.1 Å². The summed E-state index contributed by atoms with van der Waals surface area (Å²) >= 11 is 12.2. The van der Waals surface area contributed by atoms with Crippen LogP contribution in [0, 0.1) is 24.0 Å². The zero-order chi connectivity index (χ0) is 46.0. The summed E-state index contributed by atoms with van der Waals surface area (Å²) in [6, 6.07) is 7.44. The van der Waals surface area contributed by atoms with E-state index in [-0.39, 0.29) is 39.3 Å². The highest BCUT2D eigenvalue weighted by atomic mass is 35.5. The molecule has 2 heterocycles. The molecule has 1 atom stereocenters. The number of amides is 2. The number of ether oxygens (including phenoxy) is 1. The highest BCUT2D eigenvalue weighted by Gasteiger charge is 2.24. The maximum atomic E-state index is 13.0. The van der Waals surface area contributed by atoms with Gasteiger partial charge in [0.15, 0.2) is 0 Å². The minimum atomic E-state index is -4.35. The number of nitrogens with one attached hydrogen (secondary N) is 3. The van der Waals surface area contributed by atoms with Gasteiger partial charge < -0.3 is 39.0 Å². The predicted molar refractivity (Wildman–Crippen MR) is 223 cm³/mol. The lowest BCUT2D eigenvalue weighted by Gasteiger charge is -2.14. The minimum absolute atomic E-state index is 0.0434. The second kappa shape index (κ2) is 24.7. The Kier molecular flexibility index (Phi) is 21.7. The number of halogens is 4. The van der Waals surface area contributed by atoms with Crippen molar-refractivity contribution in [3.05, 3.63) is 98.0 Å². The fourth-order valence-corrected chi connectivity index (χ4v) is 4.70. The second-order valence-electron chi connectivity index (χ2n) is 13.0. The van der Waals surface area contributed by atoms with Gasteiger partial charge in [0.2, 0.25) is 5.89 Å². The van der Waals surface area contributed by atoms with E-state index in [1.54, 1.807) is 0 Å². The number of urea groups is 1. The third-order valence-electron chi connectivity index (χ3n) is 6.14. The topological polar surface area (TPSA) is 271 Å². The highest BCUT2D eigenvalue weighted by molar-refractivity contribution is 7.94. The number of nitrogens with zero attached hydrogens (tertiary/aromatic N) is 4. The maximum absolute atomic E-state index is 13.0. The number of benzene rings is 2. The minimum Gasteiger partial charge on any atom is -0.778 e. The van der Waals surface area contributed by atoms with E-state index in [0.29, 0.717) is 34.3 Å². The first-order chi connectivity index (χ1) is 27.7. The molecule has 18 nitrogen and oxygen atoms in total. The molecule has 4 aromatic rings. The van der Waals surface area contributed by atoms with Gasteiger partial charge in [-0.05, 0) is 48.2 Å². The van der Waals surface area contributed by atoms with Crippen LogP contribution in [-0.2, 0) is 25.7 Å². The molecule has 0 radical (unpaired) electrons. The van der Waals surface area contributed by atoms with Crippen LogP contribution in [0.1, 0.15) is 49.6 Å². The van der Waals surface area contributed by atoms with Gasteiger partial charge in [-0.25, -0.2) is 28.6 Å². The second-order valence-corrected chi connectivity index (χ2v) is 17.9. The number of hydrogen-bond donors (Lipinski definition) is 6. The zero-order valence-electron chi connectivity index (χ0n) is 33.1. The number of terminal acetylenes is 1. The molecule has 0 saturated carbocycles. The van der Waals surface area contributed by atoms with Gasteiger partial charge in [0, 0.05) is 29.4 Å². The molecule has 2 aromatic heterocycles. The van der Waals surface area contributed by atoms with Crippen LogP contribution in [0.3, 0.4) is 0 Å². The van der Waals surface area contributed by atoms with Crippen molar-refractivity contribution < 1.29 is 56.9 Å². The average Bonchev–Trinajstić information content (AvgIpc) is 3.51. The lowest BCUT2D eigenvalue weighted by molar-refractivity contribution is -0.193. The fourth-order valence-electron chi connectivity index (χ4n) is 3.79. The van der Waals surface area contributed by atoms with Crippen LogP contribution in [0.4, 0.5) is 19.3 Å². The Balaban J connectivity index is 0.000000460. The number of carbonyl (C=O) groups is 3. The number of carboxylic acid groups (broad SMARTS) is 2. The van der Waals surface area contributed by atoms with E-state index in [4.69, 9.17) is 53.9 Å². The Morgan fingerprint density at radius 2 is 1.70 bits per heavy atom. The number of hydrazone groups is 1. The summed E-state index contributed by atoms with van der Waals surface area (Å²) in [7, 11) is -3.71. The van der Waals surface area contributed by atoms with Crippen LogP contribution >= 0.6 is 30.8 Å². The van der Waals surface area contributed by atoms with Crippen LogP contribution in [0.15, 0.2) is 63.0 Å². The summed E-state index contributed by atoms with van der Waals surface area (Å²) < 4.78 is 47.6. The molecule has 2 amide bonds. The Morgan fingerprint density at radius 3 is 2.20 bits per heavy atom. The van der Waals surface area contributed by atoms with Gasteiger partial charge in [0.25, 0.3) is 0 Å². The molecule has 0 aliphatic carbocycles. The van der Waals surface area contributed by atoms with E-state index in [1.807, 2.05) is 26.1 Å². The van der Waals surface area contributed by atoms with E-state index in [0.717, 1.165) is 16.8 Å². The lowest BCUT2D eigenvalue weighted by Crippen LogP contribution is -2.26. The number of rotatable bonds is 11. The summed E-state index contributed by atoms with van der Waals surface area (Å²) in [6.45, 7) is 6.67. The van der Waals surface area contributed by atoms with Gasteiger partial charge in [-0.1, -0.05) is 49.9 Å². The molecule has 0 bridgehead atoms. The molecule has 0 saturated heterocycles. The monoisotopic (exact) mass is 919 g/mol. The van der Waals surface area contributed by atoms with Gasteiger partial charge in [-0.2, -0.15) is 9.78 Å². The number of aliphatic carboxylic acids is 1. The van der Waals surface area contributed by atoms with E-state index in [1.165, 1.54) is 37.4 Å². The van der Waals surface area contributed by atoms with Crippen LogP contribution in [0.5, 0.6) is 5.75 Å². The molecule has 24 heteroatoms. The molecule has 0 aliphatic rings. The normalized spacial score (nSPS) is 11.8. The summed E-state index contributed by atoms with van der Waals surface area (Å²) in [5.74, 6) is -1.74. The van der Waals surface area contributed by atoms with Crippen LogP contribution < -0.4 is 31.4 Å². The van der Waals surface area contributed by atoms with Crippen molar-refractivity contribution in [2.75, 3.05) is 43.5 Å². The lowest BCUT2D eigenvalue weighted by atomic mass is 9.97. The van der Waals surface area contributed by atoms with E-state index in [2.05, 4.69) is 50.6 Å². The number of aromatic nitrogens is 3. The standard InChI is InChI=1S/C15H14Cl2N2O3.C15H12F2N4O3.C3H8NO5P.C3H9S/c1-5-6-21-12-8-11(9(16)7-10(12)17)19-14(20)22-13(18-19)15(2,3)4;1-8(13-12(14(22)23)3-2-4-18-13)20-21-15(24)19-11-6-9(16)5-10(17)7-11;5-3(6)1-4-2-10(7,8)9;1-4(2)3/h1,7-8H,6H2,2-4H3;2-7H,1H3,(H,22,23)(H2,19,21,24);4H,1-2H2,(H,5,6)(H2,7,8,9);1-3H3/q;;;+1/p-1/b;20-8+;;. The molecular weight excluding hydrogens is 878 g/mol. The number of carboxylic acids is 2. The van der Waals surface area contributed by atoms with Crippen LogP contribution in [0.2, 0.25) is 10.0 Å². The molecule has 60 heavy (non-hydrogen) atoms. The van der Waals surface area contributed by atoms with Gasteiger partial charge in [-0.15, -0.1) is 11.5 Å². The Bertz CT molecular complexity index is 2270. The number of anilines is 1. The molecular formula is C36H42Cl2F2N7O11PS. The summed E-state index contributed by atoms with van der Waals surface area (Å²) in [5, 5.41) is 29.7. The largest absolute Gasteiger partial charge is 0.778 e. The van der Waals surface area contributed by atoms with Crippen molar-refractivity contribution in [3.8, 4) is 23.8 Å². The molecule has 0 aliphatic heterocycles. The third-order valence-corrected chi connectivity index (χ3v) is 7.37. The van der Waals surface area contributed by atoms with Crippen molar-refractivity contribution in [1.82, 2.24) is 25.5 Å². The average molecular weight is 921 g/mol. The SMILES string of the molecule is C#CCOc1cc(-n2nc(C(C)(C)C)oc2=O)c(Cl)cc1Cl.C/C(=N\NC(=O)Nc1cc(F)cc(F)c1)c1ncccc1C(=O)O.C[S+](C)C.O=C(O)CNCP(=O)([O-])O. The summed E-state index contributed by atoms with van der Waals surface area (Å²) in [6.07, 6.45) is 12.4. The molecule has 326 valence electrons. The van der Waals surface area contributed by atoms with E-state index in [9.17, 15) is 37.4 Å². The van der Waals surface area contributed by atoms with E-state index < -0.39 is 61.2 Å². The van der Waals surface area contributed by atoms with Crippen molar-refractivity contribution in [2.45, 2.75) is 33.1 Å². The molecule has 4 rings (SSSR count). The molecule has 0 spiro atoms. The smallest absolute Gasteiger partial charge is 0.442 e. The maximum Gasteiger partial charge on any atom is 0.442 e. The van der Waals surface area contributed by atoms with Gasteiger partial charge >= 0.3 is 23.7 Å². The fraction of sp³-hybridized carbons (Fsp3) is 0.306. The number of pyridine rings is 1. The van der Waals surface area contributed by atoms with Crippen molar-refractivity contribution in [2.24, 2.45) is 5.10 Å². The third kappa shape index (κ3) is 20.1. The molecule has 0 fully saturated rings. The number of aromatic carboxylic acids is 1. The quantitative estimate of drug-likeness (QED) is 0.0392. The predicted octanol–water partition coefficient (Wildman–Crippen LogP) is 4.70. The van der Waals surface area contributed by atoms with Crippen LogP contribution in [0.25, 0.3) is 5.69 Å².